The van der Waals surface area contributed by atoms with E-state index in [-0.39, 0.29) is 30.0 Å². The molecule has 0 saturated carbocycles. The summed E-state index contributed by atoms with van der Waals surface area (Å²) in [5.74, 6) is -0.0191. The predicted octanol–water partition coefficient (Wildman–Crippen LogP) is 3.70. The van der Waals surface area contributed by atoms with Crippen molar-refractivity contribution in [2.75, 3.05) is 18.0 Å². The highest BCUT2D eigenvalue weighted by Gasteiger charge is 2.45. The van der Waals surface area contributed by atoms with E-state index in [1.54, 1.807) is 18.3 Å². The minimum absolute atomic E-state index is 0.0902. The van der Waals surface area contributed by atoms with Crippen molar-refractivity contribution in [2.45, 2.75) is 31.2 Å². The van der Waals surface area contributed by atoms with Crippen molar-refractivity contribution in [3.8, 4) is 0 Å². The molecule has 1 aromatic heterocycles. The Balaban J connectivity index is 1.50. The van der Waals surface area contributed by atoms with Gasteiger partial charge in [0.25, 0.3) is 0 Å². The lowest BCUT2D eigenvalue weighted by atomic mass is 10.1. The Hall–Kier alpha value is -2.15. The molecule has 7 heteroatoms. The lowest BCUT2D eigenvalue weighted by Crippen LogP contribution is -2.46. The van der Waals surface area contributed by atoms with Gasteiger partial charge in [-0.3, -0.25) is 4.90 Å². The number of rotatable bonds is 3. The molecular weight excluding hydrogens is 334 g/mol. The SMILES string of the molecule is Fc1cccnc1N1CC2CC1CN2Cc1ccccc1C(F)(F)F. The summed E-state index contributed by atoms with van der Waals surface area (Å²) < 4.78 is 53.4. The molecule has 0 radical (unpaired) electrons. The van der Waals surface area contributed by atoms with Crippen LogP contribution in [0, 0.1) is 5.82 Å². The van der Waals surface area contributed by atoms with Crippen molar-refractivity contribution in [1.29, 1.82) is 0 Å². The van der Waals surface area contributed by atoms with Crippen LogP contribution >= 0.6 is 0 Å². The monoisotopic (exact) mass is 351 g/mol. The molecule has 2 bridgehead atoms. The summed E-state index contributed by atoms with van der Waals surface area (Å²) in [6.07, 6.45) is -1.97. The van der Waals surface area contributed by atoms with Crippen LogP contribution in [0.25, 0.3) is 0 Å². The zero-order valence-electron chi connectivity index (χ0n) is 13.4. The Morgan fingerprint density at radius 2 is 1.84 bits per heavy atom. The minimum Gasteiger partial charge on any atom is -0.348 e. The first-order valence-electron chi connectivity index (χ1n) is 8.20. The van der Waals surface area contributed by atoms with Gasteiger partial charge in [-0.25, -0.2) is 9.37 Å². The number of hydrogen-bond donors (Lipinski definition) is 0. The number of piperazine rings is 1. The fourth-order valence-electron chi connectivity index (χ4n) is 3.94. The zero-order valence-corrected chi connectivity index (χ0v) is 13.4. The van der Waals surface area contributed by atoms with Gasteiger partial charge in [0.1, 0.15) is 0 Å². The lowest BCUT2D eigenvalue weighted by Gasteiger charge is -2.35. The maximum Gasteiger partial charge on any atom is 0.416 e. The van der Waals surface area contributed by atoms with Crippen LogP contribution in [-0.2, 0) is 12.7 Å². The number of likely N-dealkylation sites (tertiary alicyclic amines) is 1. The Morgan fingerprint density at radius 1 is 1.04 bits per heavy atom. The van der Waals surface area contributed by atoms with Crippen molar-refractivity contribution in [1.82, 2.24) is 9.88 Å². The van der Waals surface area contributed by atoms with Gasteiger partial charge in [0, 0.05) is 37.9 Å². The largest absolute Gasteiger partial charge is 0.416 e. The number of benzene rings is 1. The molecule has 2 fully saturated rings. The van der Waals surface area contributed by atoms with Gasteiger partial charge in [-0.1, -0.05) is 18.2 Å². The normalized spacial score (nSPS) is 23.4. The molecule has 3 nitrogen and oxygen atoms in total. The fraction of sp³-hybridized carbons (Fsp3) is 0.389. The van der Waals surface area contributed by atoms with Gasteiger partial charge < -0.3 is 4.90 Å². The first kappa shape index (κ1) is 16.3. The summed E-state index contributed by atoms with van der Waals surface area (Å²) in [5.41, 5.74) is -0.288. The molecule has 1 aromatic carbocycles. The van der Waals surface area contributed by atoms with Gasteiger partial charge in [-0.05, 0) is 30.2 Å². The molecule has 2 aliphatic rings. The molecule has 4 rings (SSSR count). The maximum atomic E-state index is 14.0. The summed E-state index contributed by atoms with van der Waals surface area (Å²) in [4.78, 5) is 8.12. The number of pyridine rings is 1. The molecule has 2 atom stereocenters. The number of aromatic nitrogens is 1. The Morgan fingerprint density at radius 3 is 2.52 bits per heavy atom. The van der Waals surface area contributed by atoms with Crippen LogP contribution in [0.3, 0.4) is 0 Å². The minimum atomic E-state index is -4.35. The molecule has 3 heterocycles. The maximum absolute atomic E-state index is 14.0. The van der Waals surface area contributed by atoms with Crippen LogP contribution in [0.2, 0.25) is 0 Å². The van der Waals surface area contributed by atoms with Crippen LogP contribution in [0.1, 0.15) is 17.5 Å². The molecular formula is C18H17F4N3. The van der Waals surface area contributed by atoms with Gasteiger partial charge in [0.2, 0.25) is 0 Å². The summed E-state index contributed by atoms with van der Waals surface area (Å²) in [6, 6.07) is 8.84. The molecule has 25 heavy (non-hydrogen) atoms. The van der Waals surface area contributed by atoms with Gasteiger partial charge in [0.05, 0.1) is 5.56 Å². The quantitative estimate of drug-likeness (QED) is 0.786. The van der Waals surface area contributed by atoms with Crippen molar-refractivity contribution >= 4 is 5.82 Å². The third-order valence-electron chi connectivity index (χ3n) is 5.06. The van der Waals surface area contributed by atoms with E-state index < -0.39 is 11.7 Å². The topological polar surface area (TPSA) is 19.4 Å². The highest BCUT2D eigenvalue weighted by Crippen LogP contribution is 2.37. The lowest BCUT2D eigenvalue weighted by molar-refractivity contribution is -0.138. The van der Waals surface area contributed by atoms with Gasteiger partial charge in [-0.2, -0.15) is 13.2 Å². The average molecular weight is 351 g/mol. The van der Waals surface area contributed by atoms with Crippen molar-refractivity contribution in [3.63, 3.8) is 0 Å². The first-order chi connectivity index (χ1) is 11.9. The molecule has 132 valence electrons. The molecule has 0 amide bonds. The standard InChI is InChI=1S/C18H17F4N3/c19-16-6-3-7-23-17(16)25-11-13-8-14(25)10-24(13)9-12-4-1-2-5-15(12)18(20,21)22/h1-7,13-14H,8-11H2. The van der Waals surface area contributed by atoms with Crippen molar-refractivity contribution < 1.29 is 17.6 Å². The first-order valence-corrected chi connectivity index (χ1v) is 8.20. The second kappa shape index (κ2) is 5.98. The van der Waals surface area contributed by atoms with Crippen molar-refractivity contribution in [3.05, 3.63) is 59.5 Å². The second-order valence-corrected chi connectivity index (χ2v) is 6.59. The molecule has 0 aliphatic carbocycles. The Bertz CT molecular complexity index is 777. The molecule has 2 aliphatic heterocycles. The predicted molar refractivity (Wildman–Crippen MR) is 85.6 cm³/mol. The average Bonchev–Trinajstić information content (AvgIpc) is 3.15. The number of halogens is 4. The summed E-state index contributed by atoms with van der Waals surface area (Å²) in [6.45, 7) is 1.47. The molecule has 0 spiro atoms. The summed E-state index contributed by atoms with van der Waals surface area (Å²) in [5, 5.41) is 0. The molecule has 0 N–H and O–H groups in total. The van der Waals surface area contributed by atoms with Crippen LogP contribution in [0.5, 0.6) is 0 Å². The highest BCUT2D eigenvalue weighted by atomic mass is 19.4. The van der Waals surface area contributed by atoms with E-state index in [9.17, 15) is 17.6 Å². The van der Waals surface area contributed by atoms with Crippen LogP contribution < -0.4 is 4.90 Å². The van der Waals surface area contributed by atoms with E-state index in [1.165, 1.54) is 18.2 Å². The Labute approximate surface area is 142 Å². The third-order valence-corrected chi connectivity index (χ3v) is 5.06. The van der Waals surface area contributed by atoms with Crippen LogP contribution in [0.15, 0.2) is 42.6 Å². The van der Waals surface area contributed by atoms with E-state index in [0.717, 1.165) is 12.5 Å². The Kier molecular flexibility index (Phi) is 3.91. The van der Waals surface area contributed by atoms with E-state index in [2.05, 4.69) is 9.88 Å². The number of fused-ring (bicyclic) bond motifs is 2. The number of hydrogen-bond acceptors (Lipinski definition) is 3. The van der Waals surface area contributed by atoms with Crippen molar-refractivity contribution in [2.24, 2.45) is 0 Å². The number of nitrogens with zero attached hydrogens (tertiary/aromatic N) is 3. The van der Waals surface area contributed by atoms with E-state index in [0.29, 0.717) is 18.9 Å². The van der Waals surface area contributed by atoms with Gasteiger partial charge in [0.15, 0.2) is 11.6 Å². The third kappa shape index (κ3) is 2.97. The molecule has 2 saturated heterocycles. The van der Waals surface area contributed by atoms with E-state index >= 15 is 0 Å². The molecule has 2 unspecified atom stereocenters. The van der Waals surface area contributed by atoms with Gasteiger partial charge in [-0.15, -0.1) is 0 Å². The summed E-state index contributed by atoms with van der Waals surface area (Å²) >= 11 is 0. The zero-order chi connectivity index (χ0) is 17.6. The fourth-order valence-corrected chi connectivity index (χ4v) is 3.94. The number of alkyl halides is 3. The molecule has 2 aromatic rings. The second-order valence-electron chi connectivity index (χ2n) is 6.59. The van der Waals surface area contributed by atoms with E-state index in [1.807, 2.05) is 4.90 Å². The number of anilines is 1. The highest BCUT2D eigenvalue weighted by molar-refractivity contribution is 5.44. The summed E-state index contributed by atoms with van der Waals surface area (Å²) in [7, 11) is 0. The smallest absolute Gasteiger partial charge is 0.348 e. The van der Waals surface area contributed by atoms with Crippen LogP contribution in [0.4, 0.5) is 23.4 Å². The van der Waals surface area contributed by atoms with E-state index in [4.69, 9.17) is 0 Å². The van der Waals surface area contributed by atoms with Crippen LogP contribution in [-0.4, -0.2) is 35.1 Å². The van der Waals surface area contributed by atoms with Gasteiger partial charge >= 0.3 is 6.18 Å².